The van der Waals surface area contributed by atoms with Crippen LogP contribution in [0.5, 0.6) is 5.75 Å². The van der Waals surface area contributed by atoms with Crippen LogP contribution in [0.15, 0.2) is 109 Å². The standard InChI is InChI=1S/C62H83ClN9O14P/c1-41(58(77)67-39-56(76)66-26-11-29-85-31-33-86-32-30-84-28-10-25-65-4)68-61(80)54(34-45-17-23-51(74)24-18-45)70-60(79)49(37-52(75)38-53(64)47-21-19-46(20-22-47)48-14-8-15-50(63)36-48)40-87(82,83)57(35-44-12-6-5-7-13-44)71-59(78)42(2)69-62(81)55-16-9-27-72(55)43(3)73/h5-8,12-15,17-24,36,38,41-42,49,54-55,57,65,74H,9-11,16,25-35,37,39-40,64H2,1-4H3,(H,66,76)(H,67,77)(H,68,80)(H,69,81)(H,70,79)(H,71,78)(H,82,83)/t41-,42-,49?,54+,55+,57-/m1/s1. The number of carbonyl (C=O) groups excluding carboxylic acids is 8. The number of carbonyl (C=O) groups is 8. The number of aromatic hydroxyl groups is 1. The maximum absolute atomic E-state index is 15.1. The first kappa shape index (κ1) is 70.3. The molecular weight excluding hydrogens is 1160 g/mol. The van der Waals surface area contributed by atoms with Crippen molar-refractivity contribution < 1.29 is 67.1 Å². The zero-order valence-corrected chi connectivity index (χ0v) is 51.4. The van der Waals surface area contributed by atoms with Crippen molar-refractivity contribution in [3.63, 3.8) is 0 Å². The Morgan fingerprint density at radius 2 is 1.34 bits per heavy atom. The van der Waals surface area contributed by atoms with Gasteiger partial charge in [-0.15, -0.1) is 0 Å². The Labute approximate surface area is 513 Å². The van der Waals surface area contributed by atoms with Gasteiger partial charge in [-0.2, -0.15) is 0 Å². The molecule has 5 rings (SSSR count). The van der Waals surface area contributed by atoms with Crippen molar-refractivity contribution in [2.24, 2.45) is 11.7 Å². The van der Waals surface area contributed by atoms with Crippen LogP contribution in [-0.2, 0) is 70.0 Å². The van der Waals surface area contributed by atoms with E-state index in [-0.39, 0.29) is 36.7 Å². The second kappa shape index (κ2) is 36.6. The summed E-state index contributed by atoms with van der Waals surface area (Å²) in [6.07, 6.45) is 1.30. The van der Waals surface area contributed by atoms with Crippen LogP contribution in [0.2, 0.25) is 5.02 Å². The van der Waals surface area contributed by atoms with Gasteiger partial charge in [-0.3, -0.25) is 42.9 Å². The van der Waals surface area contributed by atoms with E-state index in [0.717, 1.165) is 30.2 Å². The van der Waals surface area contributed by atoms with Crippen molar-refractivity contribution in [3.8, 4) is 16.9 Å². The zero-order chi connectivity index (χ0) is 63.3. The van der Waals surface area contributed by atoms with E-state index < -0.39 is 104 Å². The molecule has 1 saturated heterocycles. The Kier molecular flexibility index (Phi) is 29.6. The van der Waals surface area contributed by atoms with Crippen molar-refractivity contribution in [2.45, 2.75) is 95.7 Å². The van der Waals surface area contributed by atoms with Crippen LogP contribution < -0.4 is 43.0 Å². The molecule has 1 heterocycles. The van der Waals surface area contributed by atoms with E-state index >= 15 is 4.57 Å². The summed E-state index contributed by atoms with van der Waals surface area (Å²) in [5.41, 5.74) is 9.50. The number of benzene rings is 4. The highest BCUT2D eigenvalue weighted by molar-refractivity contribution is 7.58. The maximum atomic E-state index is 15.1. The summed E-state index contributed by atoms with van der Waals surface area (Å²) in [7, 11) is -2.97. The second-order valence-electron chi connectivity index (χ2n) is 21.2. The van der Waals surface area contributed by atoms with Crippen LogP contribution >= 0.6 is 19.0 Å². The first-order valence-electron chi connectivity index (χ1n) is 29.0. The summed E-state index contributed by atoms with van der Waals surface area (Å²) < 4.78 is 31.6. The number of nitrogens with one attached hydrogen (secondary N) is 7. The lowest BCUT2D eigenvalue weighted by Crippen LogP contribution is -2.55. The van der Waals surface area contributed by atoms with Gasteiger partial charge < -0.3 is 72.1 Å². The molecule has 1 fully saturated rings. The molecule has 1 aliphatic heterocycles. The zero-order valence-electron chi connectivity index (χ0n) is 49.7. The molecule has 0 spiro atoms. The van der Waals surface area contributed by atoms with Crippen molar-refractivity contribution in [3.05, 3.63) is 131 Å². The highest BCUT2D eigenvalue weighted by Crippen LogP contribution is 2.49. The van der Waals surface area contributed by atoms with Gasteiger partial charge in [0.05, 0.1) is 38.9 Å². The summed E-state index contributed by atoms with van der Waals surface area (Å²) >= 11 is 6.22. The first-order valence-corrected chi connectivity index (χ1v) is 31.3. The first-order chi connectivity index (χ1) is 41.6. The van der Waals surface area contributed by atoms with Gasteiger partial charge in [-0.1, -0.05) is 90.5 Å². The molecule has 0 aliphatic carbocycles. The highest BCUT2D eigenvalue weighted by atomic mass is 35.5. The minimum absolute atomic E-state index is 0.00327. The number of likely N-dealkylation sites (tertiary alicyclic amines) is 1. The minimum Gasteiger partial charge on any atom is -0.508 e. The van der Waals surface area contributed by atoms with Gasteiger partial charge in [0.15, 0.2) is 5.78 Å². The normalized spacial score (nSPS) is 15.6. The quantitative estimate of drug-likeness (QED) is 0.0175. The molecule has 1 aliphatic rings. The van der Waals surface area contributed by atoms with E-state index in [1.54, 1.807) is 72.8 Å². The Morgan fingerprint density at radius 3 is 1.99 bits per heavy atom. The van der Waals surface area contributed by atoms with E-state index in [2.05, 4.69) is 37.2 Å². The predicted octanol–water partition coefficient (Wildman–Crippen LogP) is 3.57. The van der Waals surface area contributed by atoms with Gasteiger partial charge >= 0.3 is 0 Å². The highest BCUT2D eigenvalue weighted by Gasteiger charge is 2.40. The molecule has 23 nitrogen and oxygen atoms in total. The number of nitrogens with two attached hydrogens (primary N) is 1. The summed E-state index contributed by atoms with van der Waals surface area (Å²) in [6, 6.07) is 23.4. The second-order valence-corrected chi connectivity index (χ2v) is 24.1. The van der Waals surface area contributed by atoms with E-state index in [1.807, 2.05) is 13.1 Å². The lowest BCUT2D eigenvalue weighted by molar-refractivity contribution is -0.138. The molecule has 4 aromatic carbocycles. The van der Waals surface area contributed by atoms with Crippen molar-refractivity contribution in [1.29, 1.82) is 0 Å². The maximum Gasteiger partial charge on any atom is 0.243 e. The van der Waals surface area contributed by atoms with Gasteiger partial charge in [0.25, 0.3) is 0 Å². The number of halogens is 1. The fraction of sp³-hybridized carbons (Fsp3) is 0.452. The average Bonchev–Trinajstić information content (AvgIpc) is 3.63. The minimum atomic E-state index is -4.85. The molecule has 0 bridgehead atoms. The SMILES string of the molecule is CNCCCOCCOCCOCCCNC(=O)CNC(=O)[C@@H](C)NC(=O)[C@H](Cc1ccc(O)cc1)NC(=O)C(CC(=O)C=C(N)c1ccc(-c2cccc(Cl)c2)cc1)CP(=O)(O)[C@H](Cc1ccccc1)NC(=O)[C@@H](C)NC(=O)[C@@H]1CCCN1C(C)=O. The van der Waals surface area contributed by atoms with Crippen LogP contribution in [0.4, 0.5) is 0 Å². The largest absolute Gasteiger partial charge is 0.508 e. The molecule has 87 heavy (non-hydrogen) atoms. The van der Waals surface area contributed by atoms with Gasteiger partial charge in [-0.25, -0.2) is 0 Å². The molecule has 7 amide bonds. The Hall–Kier alpha value is -7.50. The molecular formula is C62H83ClN9O14P. The average molecular weight is 1240 g/mol. The van der Waals surface area contributed by atoms with Crippen LogP contribution in [0.25, 0.3) is 16.8 Å². The van der Waals surface area contributed by atoms with Gasteiger partial charge in [0.1, 0.15) is 35.7 Å². The number of ketones is 1. The number of amides is 7. The van der Waals surface area contributed by atoms with Crippen LogP contribution in [0, 0.1) is 5.92 Å². The Morgan fingerprint density at radius 1 is 0.713 bits per heavy atom. The number of ether oxygens (including phenoxy) is 3. The van der Waals surface area contributed by atoms with E-state index in [0.29, 0.717) is 87.2 Å². The van der Waals surface area contributed by atoms with Crippen LogP contribution in [-0.4, -0.2) is 171 Å². The van der Waals surface area contributed by atoms with Crippen molar-refractivity contribution in [2.75, 3.05) is 79.0 Å². The fourth-order valence-electron chi connectivity index (χ4n) is 9.40. The third kappa shape index (κ3) is 24.7. The third-order valence-electron chi connectivity index (χ3n) is 14.2. The lowest BCUT2D eigenvalue weighted by atomic mass is 9.99. The molecule has 0 saturated carbocycles. The van der Waals surface area contributed by atoms with E-state index in [4.69, 9.17) is 31.5 Å². The summed E-state index contributed by atoms with van der Waals surface area (Å²) in [5.74, 6) is -9.03. The topological polar surface area (TPSA) is 335 Å². The molecule has 0 aromatic heterocycles. The number of rotatable bonds is 37. The van der Waals surface area contributed by atoms with Gasteiger partial charge in [0.2, 0.25) is 48.7 Å². The number of hydrogen-bond acceptors (Lipinski definition) is 15. The molecule has 25 heteroatoms. The molecule has 4 aromatic rings. The Bertz CT molecular complexity index is 2990. The Balaban J connectivity index is 1.32. The molecule has 0 radical (unpaired) electrons. The molecule has 472 valence electrons. The molecule has 2 unspecified atom stereocenters. The summed E-state index contributed by atoms with van der Waals surface area (Å²) in [6.45, 7) is 7.84. The van der Waals surface area contributed by atoms with Gasteiger partial charge in [0, 0.05) is 75.4 Å². The lowest BCUT2D eigenvalue weighted by Gasteiger charge is -2.30. The number of phenolic OH excluding ortho intramolecular Hbond substituents is 1. The number of nitrogens with zero attached hydrogens (tertiary/aromatic N) is 1. The summed E-state index contributed by atoms with van der Waals surface area (Å²) in [5, 5.41) is 29.3. The van der Waals surface area contributed by atoms with Crippen LogP contribution in [0.3, 0.4) is 0 Å². The molecule has 11 N–H and O–H groups in total. The van der Waals surface area contributed by atoms with Crippen LogP contribution in [0.1, 0.15) is 69.6 Å². The van der Waals surface area contributed by atoms with Gasteiger partial charge in [-0.05, 0) is 105 Å². The van der Waals surface area contributed by atoms with E-state index in [1.165, 1.54) is 49.9 Å². The third-order valence-corrected chi connectivity index (χ3v) is 16.7. The smallest absolute Gasteiger partial charge is 0.243 e. The number of hydrogen-bond donors (Lipinski definition) is 10. The van der Waals surface area contributed by atoms with Crippen molar-refractivity contribution in [1.82, 2.24) is 42.1 Å². The predicted molar refractivity (Wildman–Crippen MR) is 330 cm³/mol. The van der Waals surface area contributed by atoms with E-state index in [9.17, 15) is 48.4 Å². The van der Waals surface area contributed by atoms with Crippen molar-refractivity contribution >= 4 is 71.8 Å². The number of phenols is 1. The fourth-order valence-corrected chi connectivity index (χ4v) is 11.6. The number of allylic oxidation sites excluding steroid dienone is 1. The summed E-state index contributed by atoms with van der Waals surface area (Å²) in [4.78, 5) is 123. The molecule has 7 atom stereocenters. The monoisotopic (exact) mass is 1240 g/mol.